The number of anilines is 2. The van der Waals surface area contributed by atoms with E-state index >= 15 is 0 Å². The maximum atomic E-state index is 13.3. The fraction of sp³-hybridized carbons (Fsp3) is 0. The van der Waals surface area contributed by atoms with Gasteiger partial charge in [0.25, 0.3) is 11.8 Å². The number of aromatic nitrogens is 3. The Bertz CT molecular complexity index is 1240. The summed E-state index contributed by atoms with van der Waals surface area (Å²) in [5, 5.41) is 5.55. The monoisotopic (exact) mass is 435 g/mol. The highest BCUT2D eigenvalue weighted by atomic mass is 35.5. The van der Waals surface area contributed by atoms with Crippen molar-refractivity contribution in [3.05, 3.63) is 95.2 Å². The molecule has 4 rings (SSSR count). The minimum absolute atomic E-state index is 0.156. The van der Waals surface area contributed by atoms with Crippen molar-refractivity contribution in [3.63, 3.8) is 0 Å². The van der Waals surface area contributed by atoms with Crippen molar-refractivity contribution in [3.8, 4) is 11.5 Å². The zero-order valence-electron chi connectivity index (χ0n) is 15.9. The van der Waals surface area contributed by atoms with Gasteiger partial charge in [-0.1, -0.05) is 17.7 Å². The third-order valence-corrected chi connectivity index (χ3v) is 4.65. The minimum atomic E-state index is -0.518. The average Bonchev–Trinajstić information content (AvgIpc) is 3.30. The summed E-state index contributed by atoms with van der Waals surface area (Å²) in [4.78, 5) is 36.3. The van der Waals surface area contributed by atoms with Crippen LogP contribution >= 0.6 is 11.6 Å². The van der Waals surface area contributed by atoms with E-state index in [0.717, 1.165) is 6.07 Å². The van der Waals surface area contributed by atoms with Gasteiger partial charge in [-0.05, 0) is 48.5 Å². The Labute approximate surface area is 181 Å². The SMILES string of the molecule is O=C(Nc1ccc(Cl)c(C(=O)Nc2ccc(-c3ncc[nH]3)nc2)c1)c1cccc(F)c1. The lowest BCUT2D eigenvalue weighted by atomic mass is 10.1. The first-order valence-electron chi connectivity index (χ1n) is 9.13. The Morgan fingerprint density at radius 3 is 2.45 bits per heavy atom. The maximum Gasteiger partial charge on any atom is 0.257 e. The summed E-state index contributed by atoms with van der Waals surface area (Å²) in [5.74, 6) is -0.886. The molecule has 2 aromatic heterocycles. The molecular formula is C22H15ClFN5O2. The van der Waals surface area contributed by atoms with Gasteiger partial charge in [0.15, 0.2) is 5.82 Å². The number of carbonyl (C=O) groups excluding carboxylic acids is 2. The van der Waals surface area contributed by atoms with Crippen LogP contribution in [-0.2, 0) is 0 Å². The molecule has 0 bridgehead atoms. The maximum absolute atomic E-state index is 13.3. The molecule has 4 aromatic rings. The van der Waals surface area contributed by atoms with Crippen molar-refractivity contribution in [1.82, 2.24) is 15.0 Å². The van der Waals surface area contributed by atoms with Gasteiger partial charge in [0.05, 0.1) is 22.5 Å². The topological polar surface area (TPSA) is 99.8 Å². The van der Waals surface area contributed by atoms with Crippen LogP contribution in [0.1, 0.15) is 20.7 Å². The minimum Gasteiger partial charge on any atom is -0.343 e. The number of rotatable bonds is 5. The largest absolute Gasteiger partial charge is 0.343 e. The predicted octanol–water partition coefficient (Wildman–Crippen LogP) is 4.77. The van der Waals surface area contributed by atoms with E-state index in [-0.39, 0.29) is 16.1 Å². The van der Waals surface area contributed by atoms with Crippen molar-refractivity contribution < 1.29 is 14.0 Å². The molecule has 0 spiro atoms. The number of amides is 2. The zero-order valence-corrected chi connectivity index (χ0v) is 16.7. The van der Waals surface area contributed by atoms with Crippen LogP contribution in [0.5, 0.6) is 0 Å². The lowest BCUT2D eigenvalue weighted by Crippen LogP contribution is -2.15. The standard InChI is InChI=1S/C22H15ClFN5O2/c23-18-6-4-15(28-21(30)13-2-1-3-14(24)10-13)11-17(18)22(31)29-16-5-7-19(27-12-16)20-25-8-9-26-20/h1-12H,(H,25,26)(H,28,30)(H,29,31). The van der Waals surface area contributed by atoms with Gasteiger partial charge in [-0.25, -0.2) is 9.37 Å². The molecule has 0 fully saturated rings. The molecule has 2 heterocycles. The molecule has 0 radical (unpaired) electrons. The number of nitrogens with zero attached hydrogens (tertiary/aromatic N) is 2. The van der Waals surface area contributed by atoms with Gasteiger partial charge in [-0.2, -0.15) is 0 Å². The number of nitrogens with one attached hydrogen (secondary N) is 3. The van der Waals surface area contributed by atoms with E-state index in [1.54, 1.807) is 30.6 Å². The van der Waals surface area contributed by atoms with Crippen molar-refractivity contribution in [2.75, 3.05) is 10.6 Å². The lowest BCUT2D eigenvalue weighted by molar-refractivity contribution is 0.101. The molecule has 7 nitrogen and oxygen atoms in total. The van der Waals surface area contributed by atoms with Crippen LogP contribution in [0.15, 0.2) is 73.2 Å². The summed E-state index contributed by atoms with van der Waals surface area (Å²) in [6.45, 7) is 0. The summed E-state index contributed by atoms with van der Waals surface area (Å²) in [6.07, 6.45) is 4.81. The van der Waals surface area contributed by atoms with Crippen LogP contribution in [-0.4, -0.2) is 26.8 Å². The molecule has 154 valence electrons. The average molecular weight is 436 g/mol. The summed E-state index contributed by atoms with van der Waals surface area (Å²) in [7, 11) is 0. The van der Waals surface area contributed by atoms with E-state index in [1.165, 1.54) is 36.5 Å². The number of imidazole rings is 1. The molecular weight excluding hydrogens is 421 g/mol. The normalized spacial score (nSPS) is 10.5. The van der Waals surface area contributed by atoms with Gasteiger partial charge in [0.1, 0.15) is 11.5 Å². The molecule has 0 saturated heterocycles. The van der Waals surface area contributed by atoms with Crippen molar-refractivity contribution in [2.24, 2.45) is 0 Å². The van der Waals surface area contributed by atoms with Crippen LogP contribution < -0.4 is 10.6 Å². The Morgan fingerprint density at radius 1 is 0.935 bits per heavy atom. The van der Waals surface area contributed by atoms with Gasteiger partial charge >= 0.3 is 0 Å². The fourth-order valence-electron chi connectivity index (χ4n) is 2.82. The third kappa shape index (κ3) is 4.76. The van der Waals surface area contributed by atoms with Gasteiger partial charge in [0, 0.05) is 23.6 Å². The second-order valence-corrected chi connectivity index (χ2v) is 6.89. The summed E-state index contributed by atoms with van der Waals surface area (Å²) in [5.41, 5.74) is 1.75. The molecule has 9 heteroatoms. The van der Waals surface area contributed by atoms with Gasteiger partial charge in [-0.15, -0.1) is 0 Å². The number of hydrogen-bond donors (Lipinski definition) is 3. The van der Waals surface area contributed by atoms with Gasteiger partial charge in [0.2, 0.25) is 0 Å². The second kappa shape index (κ2) is 8.76. The third-order valence-electron chi connectivity index (χ3n) is 4.32. The van der Waals surface area contributed by atoms with Crippen LogP contribution in [0.4, 0.5) is 15.8 Å². The Kier molecular flexibility index (Phi) is 5.72. The van der Waals surface area contributed by atoms with Gasteiger partial charge in [-0.3, -0.25) is 14.6 Å². The highest BCUT2D eigenvalue weighted by molar-refractivity contribution is 6.34. The first kappa shape index (κ1) is 20.2. The number of halogens is 2. The van der Waals surface area contributed by atoms with E-state index in [0.29, 0.717) is 22.9 Å². The summed E-state index contributed by atoms with van der Waals surface area (Å²) in [6, 6.07) is 13.2. The first-order valence-corrected chi connectivity index (χ1v) is 9.51. The molecule has 2 amide bonds. The smallest absolute Gasteiger partial charge is 0.257 e. The highest BCUT2D eigenvalue weighted by Crippen LogP contribution is 2.23. The van der Waals surface area contributed by atoms with E-state index in [2.05, 4.69) is 25.6 Å². The van der Waals surface area contributed by atoms with Crippen molar-refractivity contribution >= 4 is 34.8 Å². The molecule has 0 aliphatic rings. The molecule has 2 aromatic carbocycles. The van der Waals surface area contributed by atoms with E-state index < -0.39 is 17.6 Å². The number of hydrogen-bond acceptors (Lipinski definition) is 4. The van der Waals surface area contributed by atoms with Crippen LogP contribution in [0, 0.1) is 5.82 Å². The number of benzene rings is 2. The molecule has 0 saturated carbocycles. The number of H-pyrrole nitrogens is 1. The summed E-state index contributed by atoms with van der Waals surface area (Å²) >= 11 is 6.17. The van der Waals surface area contributed by atoms with Crippen LogP contribution in [0.25, 0.3) is 11.5 Å². The number of pyridine rings is 1. The van der Waals surface area contributed by atoms with Crippen molar-refractivity contribution in [2.45, 2.75) is 0 Å². The van der Waals surface area contributed by atoms with E-state index in [4.69, 9.17) is 11.6 Å². The highest BCUT2D eigenvalue weighted by Gasteiger charge is 2.14. The molecule has 3 N–H and O–H groups in total. The Morgan fingerprint density at radius 2 is 1.74 bits per heavy atom. The second-order valence-electron chi connectivity index (χ2n) is 6.48. The quantitative estimate of drug-likeness (QED) is 0.420. The fourth-order valence-corrected chi connectivity index (χ4v) is 3.03. The molecule has 0 aliphatic carbocycles. The zero-order chi connectivity index (χ0) is 21.8. The van der Waals surface area contributed by atoms with Crippen molar-refractivity contribution in [1.29, 1.82) is 0 Å². The van der Waals surface area contributed by atoms with Gasteiger partial charge < -0.3 is 15.6 Å². The Balaban J connectivity index is 1.48. The van der Waals surface area contributed by atoms with E-state index in [9.17, 15) is 14.0 Å². The molecule has 0 unspecified atom stereocenters. The molecule has 0 aliphatic heterocycles. The first-order chi connectivity index (χ1) is 15.0. The van der Waals surface area contributed by atoms with Crippen LogP contribution in [0.3, 0.4) is 0 Å². The number of carbonyl (C=O) groups is 2. The lowest BCUT2D eigenvalue weighted by Gasteiger charge is -2.10. The predicted molar refractivity (Wildman–Crippen MR) is 116 cm³/mol. The Hall–Kier alpha value is -4.04. The summed E-state index contributed by atoms with van der Waals surface area (Å²) < 4.78 is 13.3. The molecule has 31 heavy (non-hydrogen) atoms. The molecule has 0 atom stereocenters. The van der Waals surface area contributed by atoms with Crippen LogP contribution in [0.2, 0.25) is 5.02 Å². The van der Waals surface area contributed by atoms with E-state index in [1.807, 2.05) is 0 Å². The number of aromatic amines is 1.